The summed E-state index contributed by atoms with van der Waals surface area (Å²) in [4.78, 5) is 37.1. The van der Waals surface area contributed by atoms with E-state index in [0.29, 0.717) is 18.8 Å². The molecule has 0 bridgehead atoms. The van der Waals surface area contributed by atoms with E-state index in [1.54, 1.807) is 0 Å². The van der Waals surface area contributed by atoms with Crippen molar-refractivity contribution in [2.24, 2.45) is 23.7 Å². The molecule has 0 saturated heterocycles. The first-order valence-electron chi connectivity index (χ1n) is 12.6. The Balaban J connectivity index is 1.06. The Hall–Kier alpha value is -3.35. The van der Waals surface area contributed by atoms with Gasteiger partial charge in [0.25, 0.3) is 0 Å². The second-order valence-corrected chi connectivity index (χ2v) is 10.6. The predicted molar refractivity (Wildman–Crippen MR) is 129 cm³/mol. The molecule has 2 aromatic carbocycles. The van der Waals surface area contributed by atoms with E-state index in [1.807, 2.05) is 24.3 Å². The average Bonchev–Trinajstić information content (AvgIpc) is 3.56. The number of rotatable bonds is 7. The summed E-state index contributed by atoms with van der Waals surface area (Å²) < 4.78 is 5.66. The monoisotopic (exact) mass is 474 g/mol. The highest BCUT2D eigenvalue weighted by molar-refractivity contribution is 5.87. The molecule has 0 aliphatic heterocycles. The summed E-state index contributed by atoms with van der Waals surface area (Å²) in [5.74, 6) is -0.504. The maximum Gasteiger partial charge on any atom is 0.407 e. The highest BCUT2D eigenvalue weighted by Crippen LogP contribution is 2.50. The van der Waals surface area contributed by atoms with Gasteiger partial charge in [0, 0.05) is 12.0 Å². The second-order valence-electron chi connectivity index (χ2n) is 10.6. The summed E-state index contributed by atoms with van der Waals surface area (Å²) >= 11 is 0. The molecule has 0 heterocycles. The Morgan fingerprint density at radius 1 is 0.943 bits per heavy atom. The number of amides is 2. The van der Waals surface area contributed by atoms with E-state index in [1.165, 1.54) is 11.1 Å². The highest BCUT2D eigenvalue weighted by Gasteiger charge is 2.51. The van der Waals surface area contributed by atoms with E-state index in [2.05, 4.69) is 34.9 Å². The third-order valence-corrected chi connectivity index (χ3v) is 8.49. The molecule has 35 heavy (non-hydrogen) atoms. The van der Waals surface area contributed by atoms with E-state index in [-0.39, 0.29) is 42.2 Å². The van der Waals surface area contributed by atoms with Crippen molar-refractivity contribution < 1.29 is 24.2 Å². The van der Waals surface area contributed by atoms with Gasteiger partial charge < -0.3 is 20.5 Å². The first-order chi connectivity index (χ1) is 17.0. The molecule has 3 N–H and O–H groups in total. The van der Waals surface area contributed by atoms with E-state index in [9.17, 15) is 19.5 Å². The van der Waals surface area contributed by atoms with Crippen molar-refractivity contribution in [3.8, 4) is 11.1 Å². The molecular formula is C28H30N2O5. The zero-order valence-electron chi connectivity index (χ0n) is 19.5. The number of hydrogen-bond donors (Lipinski definition) is 3. The van der Waals surface area contributed by atoms with Gasteiger partial charge in [0.15, 0.2) is 0 Å². The number of carbonyl (C=O) groups is 3. The molecule has 7 nitrogen and oxygen atoms in total. The minimum absolute atomic E-state index is 0.00223. The van der Waals surface area contributed by atoms with Crippen LogP contribution in [0.1, 0.15) is 49.1 Å². The fourth-order valence-corrected chi connectivity index (χ4v) is 6.46. The van der Waals surface area contributed by atoms with Crippen LogP contribution in [0.4, 0.5) is 4.79 Å². The maximum atomic E-state index is 13.1. The quantitative estimate of drug-likeness (QED) is 0.564. The largest absolute Gasteiger partial charge is 0.481 e. The topological polar surface area (TPSA) is 105 Å². The van der Waals surface area contributed by atoms with Gasteiger partial charge in [-0.2, -0.15) is 0 Å². The van der Waals surface area contributed by atoms with Crippen LogP contribution in [0.2, 0.25) is 0 Å². The van der Waals surface area contributed by atoms with Crippen molar-refractivity contribution in [1.29, 1.82) is 0 Å². The van der Waals surface area contributed by atoms with Crippen LogP contribution in [0.15, 0.2) is 48.5 Å². The van der Waals surface area contributed by atoms with E-state index in [4.69, 9.17) is 4.74 Å². The lowest BCUT2D eigenvalue weighted by Crippen LogP contribution is -2.56. The SMILES string of the molecule is O=C(NC(C(=O)NC1CC2CC(C(=O)O)CC21)C1CC1)OCC1c2ccccc2-c2ccccc21. The van der Waals surface area contributed by atoms with Crippen LogP contribution in [0.5, 0.6) is 0 Å². The van der Waals surface area contributed by atoms with Gasteiger partial charge in [-0.25, -0.2) is 4.79 Å². The first kappa shape index (κ1) is 22.1. The smallest absolute Gasteiger partial charge is 0.407 e. The molecular weight excluding hydrogens is 444 g/mol. The molecule has 0 radical (unpaired) electrons. The summed E-state index contributed by atoms with van der Waals surface area (Å²) in [5, 5.41) is 15.2. The minimum Gasteiger partial charge on any atom is -0.481 e. The van der Waals surface area contributed by atoms with Crippen LogP contribution in [0, 0.1) is 23.7 Å². The van der Waals surface area contributed by atoms with Crippen LogP contribution in [-0.2, 0) is 14.3 Å². The maximum absolute atomic E-state index is 13.1. The minimum atomic E-state index is -0.739. The molecule has 5 unspecified atom stereocenters. The standard InChI is InChI=1S/C28H30N2O5/c31-26(29-24-13-16-11-17(27(32)33)12-22(16)24)25(15-9-10-15)30-28(34)35-14-23-20-7-3-1-5-18(20)19-6-2-4-8-21(19)23/h1-8,15-17,22-25H,9-14H2,(H,29,31)(H,30,34)(H,32,33). The number of carbonyl (C=O) groups excluding carboxylic acids is 2. The molecule has 3 fully saturated rings. The van der Waals surface area contributed by atoms with Gasteiger partial charge in [-0.3, -0.25) is 9.59 Å². The first-order valence-corrected chi connectivity index (χ1v) is 12.6. The lowest BCUT2D eigenvalue weighted by atomic mass is 9.71. The molecule has 2 amide bonds. The second kappa shape index (κ2) is 8.70. The molecule has 0 aromatic heterocycles. The Bertz CT molecular complexity index is 1130. The summed E-state index contributed by atoms with van der Waals surface area (Å²) in [6.07, 6.45) is 3.38. The van der Waals surface area contributed by atoms with Crippen molar-refractivity contribution in [1.82, 2.24) is 10.6 Å². The fraction of sp³-hybridized carbons (Fsp3) is 0.464. The van der Waals surface area contributed by atoms with E-state index >= 15 is 0 Å². The molecule has 5 atom stereocenters. The third kappa shape index (κ3) is 4.07. The predicted octanol–water partition coefficient (Wildman–Crippen LogP) is 3.92. The zero-order valence-corrected chi connectivity index (χ0v) is 19.5. The number of fused-ring (bicyclic) bond motifs is 4. The molecule has 7 heteroatoms. The molecule has 182 valence electrons. The number of carboxylic acids is 1. The van der Waals surface area contributed by atoms with Gasteiger partial charge in [0.1, 0.15) is 12.6 Å². The Kier molecular flexibility index (Phi) is 5.50. The van der Waals surface area contributed by atoms with Crippen LogP contribution in [0.3, 0.4) is 0 Å². The molecule has 4 aliphatic rings. The number of benzene rings is 2. The number of nitrogens with one attached hydrogen (secondary N) is 2. The Labute approximate surface area is 204 Å². The zero-order chi connectivity index (χ0) is 24.1. The molecule has 4 aliphatic carbocycles. The van der Waals surface area contributed by atoms with Crippen LogP contribution < -0.4 is 10.6 Å². The van der Waals surface area contributed by atoms with Crippen molar-refractivity contribution in [2.75, 3.05) is 6.61 Å². The summed E-state index contributed by atoms with van der Waals surface area (Å²) in [6, 6.07) is 15.8. The van der Waals surface area contributed by atoms with Gasteiger partial charge in [-0.15, -0.1) is 0 Å². The van der Waals surface area contributed by atoms with Crippen molar-refractivity contribution >= 4 is 18.0 Å². The molecule has 6 rings (SSSR count). The Morgan fingerprint density at radius 3 is 2.23 bits per heavy atom. The fourth-order valence-electron chi connectivity index (χ4n) is 6.46. The number of hydrogen-bond acceptors (Lipinski definition) is 4. The number of carboxylic acid groups (broad SMARTS) is 1. The van der Waals surface area contributed by atoms with Crippen molar-refractivity contribution in [2.45, 2.75) is 50.1 Å². The Morgan fingerprint density at radius 2 is 1.60 bits per heavy atom. The summed E-state index contributed by atoms with van der Waals surface area (Å²) in [5.41, 5.74) is 4.63. The number of ether oxygens (including phenoxy) is 1. The van der Waals surface area contributed by atoms with Crippen LogP contribution in [0.25, 0.3) is 11.1 Å². The number of aliphatic carboxylic acids is 1. The van der Waals surface area contributed by atoms with Gasteiger partial charge in [-0.1, -0.05) is 48.5 Å². The van der Waals surface area contributed by atoms with Gasteiger partial charge in [0.2, 0.25) is 5.91 Å². The van der Waals surface area contributed by atoms with Crippen LogP contribution >= 0.6 is 0 Å². The lowest BCUT2D eigenvalue weighted by molar-refractivity contribution is -0.141. The third-order valence-electron chi connectivity index (χ3n) is 8.49. The average molecular weight is 475 g/mol. The van der Waals surface area contributed by atoms with Gasteiger partial charge in [0.05, 0.1) is 5.92 Å². The molecule has 0 spiro atoms. The van der Waals surface area contributed by atoms with E-state index in [0.717, 1.165) is 30.4 Å². The van der Waals surface area contributed by atoms with Crippen molar-refractivity contribution in [3.05, 3.63) is 59.7 Å². The molecule has 3 saturated carbocycles. The van der Waals surface area contributed by atoms with E-state index < -0.39 is 18.1 Å². The van der Waals surface area contributed by atoms with Gasteiger partial charge in [-0.05, 0) is 72.1 Å². The highest BCUT2D eigenvalue weighted by atomic mass is 16.5. The normalized spacial score (nSPS) is 27.1. The number of alkyl carbamates (subject to hydrolysis) is 1. The molecule has 2 aromatic rings. The van der Waals surface area contributed by atoms with Gasteiger partial charge >= 0.3 is 12.1 Å². The van der Waals surface area contributed by atoms with Crippen LogP contribution in [-0.4, -0.2) is 41.8 Å². The summed E-state index contributed by atoms with van der Waals surface area (Å²) in [7, 11) is 0. The van der Waals surface area contributed by atoms with Crippen molar-refractivity contribution in [3.63, 3.8) is 0 Å². The summed E-state index contributed by atoms with van der Waals surface area (Å²) in [6.45, 7) is 0.210. The lowest BCUT2D eigenvalue weighted by Gasteiger charge is -2.41.